The zero-order valence-electron chi connectivity index (χ0n) is 20.2. The van der Waals surface area contributed by atoms with Crippen LogP contribution in [-0.2, 0) is 26.7 Å². The minimum atomic E-state index is -3.61. The van der Waals surface area contributed by atoms with E-state index in [0.29, 0.717) is 24.2 Å². The van der Waals surface area contributed by atoms with Crippen LogP contribution in [0.3, 0.4) is 0 Å². The Balaban J connectivity index is 1.73. The van der Waals surface area contributed by atoms with Gasteiger partial charge in [0.25, 0.3) is 0 Å². The lowest BCUT2D eigenvalue weighted by molar-refractivity contribution is 0.0555. The summed E-state index contributed by atoms with van der Waals surface area (Å²) in [5.41, 5.74) is 0.796. The number of para-hydroxylation sites is 1. The molecule has 0 aliphatic carbocycles. The minimum absolute atomic E-state index is 0.208. The zero-order valence-corrected chi connectivity index (χ0v) is 21.0. The fourth-order valence-electron chi connectivity index (χ4n) is 4.39. The van der Waals surface area contributed by atoms with Crippen molar-refractivity contribution in [3.05, 3.63) is 41.6 Å². The molecule has 1 aromatic heterocycles. The topological polar surface area (TPSA) is 113 Å². The normalized spacial score (nSPS) is 20.6. The molecule has 2 aromatic rings. The van der Waals surface area contributed by atoms with Gasteiger partial charge in [-0.3, -0.25) is 9.80 Å². The highest BCUT2D eigenvalue weighted by atomic mass is 32.2. The Hall–Kier alpha value is -3.21. The van der Waals surface area contributed by atoms with Crippen molar-refractivity contribution in [3.63, 3.8) is 0 Å². The van der Waals surface area contributed by atoms with E-state index < -0.39 is 27.1 Å². The molecule has 1 atom stereocenters. The first-order valence-electron chi connectivity index (χ1n) is 10.9. The Bertz CT molecular complexity index is 1270. The van der Waals surface area contributed by atoms with E-state index in [1.54, 1.807) is 16.8 Å². The number of hydrogen-bond donors (Lipinski definition) is 0. The summed E-state index contributed by atoms with van der Waals surface area (Å²) in [6.45, 7) is 8.01. The van der Waals surface area contributed by atoms with Crippen LogP contribution in [0.25, 0.3) is 0 Å². The summed E-state index contributed by atoms with van der Waals surface area (Å²) in [6, 6.07) is 7.18. The number of ether oxygens (including phenoxy) is 1. The summed E-state index contributed by atoms with van der Waals surface area (Å²) in [7, 11) is -2.05. The Labute approximate surface area is 199 Å². The van der Waals surface area contributed by atoms with Crippen molar-refractivity contribution in [3.8, 4) is 0 Å². The van der Waals surface area contributed by atoms with Crippen LogP contribution in [0.4, 0.5) is 21.1 Å². The van der Waals surface area contributed by atoms with E-state index in [9.17, 15) is 18.0 Å². The highest BCUT2D eigenvalue weighted by Gasteiger charge is 2.47. The predicted molar refractivity (Wildman–Crippen MR) is 126 cm³/mol. The van der Waals surface area contributed by atoms with Crippen molar-refractivity contribution in [2.45, 2.75) is 57.0 Å². The summed E-state index contributed by atoms with van der Waals surface area (Å²) < 4.78 is 29.4. The second-order valence-electron chi connectivity index (χ2n) is 9.87. The third-order valence-corrected chi connectivity index (χ3v) is 6.98. The standard InChI is InChI=1S/C23H29N5O5S/c1-22(2,3)33-21(30)27-12-11-23(4,16-9-7-8-10-17(16)27)28-14-15-13-24-19(34(6,31)32)25-18(15)26(5)20(28)29/h7-10,13H,11-12,14H2,1-6H3. The Morgan fingerprint density at radius 1 is 1.21 bits per heavy atom. The number of sulfone groups is 1. The van der Waals surface area contributed by atoms with Crippen LogP contribution in [-0.4, -0.2) is 60.9 Å². The molecule has 2 aliphatic heterocycles. The second kappa shape index (κ2) is 7.93. The lowest BCUT2D eigenvalue weighted by Crippen LogP contribution is -2.58. The number of hydrogen-bond acceptors (Lipinski definition) is 7. The number of aromatic nitrogens is 2. The lowest BCUT2D eigenvalue weighted by atomic mass is 9.81. The van der Waals surface area contributed by atoms with Crippen LogP contribution in [0.15, 0.2) is 35.6 Å². The van der Waals surface area contributed by atoms with Crippen molar-refractivity contribution in [2.24, 2.45) is 0 Å². The summed E-state index contributed by atoms with van der Waals surface area (Å²) in [5.74, 6) is 0.278. The van der Waals surface area contributed by atoms with Crippen molar-refractivity contribution in [2.75, 3.05) is 29.6 Å². The molecule has 0 saturated heterocycles. The minimum Gasteiger partial charge on any atom is -0.443 e. The van der Waals surface area contributed by atoms with Crippen LogP contribution in [0, 0.1) is 0 Å². The van der Waals surface area contributed by atoms with Gasteiger partial charge in [0, 0.05) is 37.2 Å². The molecule has 0 N–H and O–H groups in total. The van der Waals surface area contributed by atoms with Gasteiger partial charge in [-0.05, 0) is 40.2 Å². The fourth-order valence-corrected chi connectivity index (χ4v) is 4.89. The molecule has 182 valence electrons. The molecule has 0 spiro atoms. The van der Waals surface area contributed by atoms with Gasteiger partial charge in [-0.2, -0.15) is 0 Å². The maximum atomic E-state index is 13.5. The summed E-state index contributed by atoms with van der Waals surface area (Å²) in [5, 5.41) is -0.318. The van der Waals surface area contributed by atoms with Crippen LogP contribution < -0.4 is 9.80 Å². The second-order valence-corrected chi connectivity index (χ2v) is 11.8. The fraction of sp³-hybridized carbons (Fsp3) is 0.478. The van der Waals surface area contributed by atoms with Gasteiger partial charge in [0.05, 0.1) is 17.8 Å². The summed E-state index contributed by atoms with van der Waals surface area (Å²) in [4.78, 5) is 39.2. The Kier molecular flexibility index (Phi) is 5.58. The molecule has 4 rings (SSSR count). The van der Waals surface area contributed by atoms with E-state index in [2.05, 4.69) is 9.97 Å². The SMILES string of the molecule is CN1C(=O)N(C2(C)CCN(C(=O)OC(C)(C)C)c3ccccc32)Cc2cnc(S(C)(=O)=O)nc21. The monoisotopic (exact) mass is 487 g/mol. The number of anilines is 2. The zero-order chi connectivity index (χ0) is 25.1. The van der Waals surface area contributed by atoms with Gasteiger partial charge >= 0.3 is 12.1 Å². The molecule has 0 saturated carbocycles. The van der Waals surface area contributed by atoms with Crippen LogP contribution >= 0.6 is 0 Å². The number of carbonyl (C=O) groups is 2. The van der Waals surface area contributed by atoms with Crippen LogP contribution in [0.1, 0.15) is 45.2 Å². The highest BCUT2D eigenvalue weighted by molar-refractivity contribution is 7.90. The molecular formula is C23H29N5O5S. The molecule has 1 unspecified atom stereocenters. The molecule has 11 heteroatoms. The third kappa shape index (κ3) is 4.08. The molecule has 2 aliphatic rings. The number of benzene rings is 1. The first-order valence-corrected chi connectivity index (χ1v) is 12.8. The first kappa shape index (κ1) is 23.9. The Morgan fingerprint density at radius 3 is 2.53 bits per heavy atom. The molecule has 0 bridgehead atoms. The molecule has 1 aromatic carbocycles. The maximum absolute atomic E-state index is 13.5. The Morgan fingerprint density at radius 2 is 1.88 bits per heavy atom. The van der Waals surface area contributed by atoms with Crippen molar-refractivity contribution in [1.29, 1.82) is 0 Å². The largest absolute Gasteiger partial charge is 0.443 e. The summed E-state index contributed by atoms with van der Waals surface area (Å²) in [6.07, 6.45) is 2.54. The third-order valence-electron chi connectivity index (χ3n) is 6.12. The number of urea groups is 1. The molecule has 3 amide bonds. The number of amides is 3. The molecule has 10 nitrogen and oxygen atoms in total. The van der Waals surface area contributed by atoms with Gasteiger partial charge in [0.15, 0.2) is 0 Å². The van der Waals surface area contributed by atoms with E-state index in [4.69, 9.17) is 4.74 Å². The number of rotatable bonds is 2. The van der Waals surface area contributed by atoms with E-state index in [1.807, 2.05) is 52.0 Å². The molecular weight excluding hydrogens is 458 g/mol. The van der Waals surface area contributed by atoms with E-state index in [1.165, 1.54) is 11.1 Å². The van der Waals surface area contributed by atoms with Gasteiger partial charge in [-0.1, -0.05) is 18.2 Å². The smallest absolute Gasteiger partial charge is 0.414 e. The lowest BCUT2D eigenvalue weighted by Gasteiger charge is -2.50. The van der Waals surface area contributed by atoms with Gasteiger partial charge in [-0.25, -0.2) is 28.0 Å². The van der Waals surface area contributed by atoms with Crippen LogP contribution in [0.5, 0.6) is 0 Å². The van der Waals surface area contributed by atoms with Gasteiger partial charge in [0.2, 0.25) is 15.0 Å². The molecule has 0 fully saturated rings. The van der Waals surface area contributed by atoms with Gasteiger partial charge < -0.3 is 9.64 Å². The summed E-state index contributed by atoms with van der Waals surface area (Å²) >= 11 is 0. The average Bonchev–Trinajstić information content (AvgIpc) is 2.74. The number of carbonyl (C=O) groups excluding carboxylic acids is 2. The molecule has 0 radical (unpaired) electrons. The van der Waals surface area contributed by atoms with E-state index >= 15 is 0 Å². The number of nitrogens with zero attached hydrogens (tertiary/aromatic N) is 5. The molecule has 3 heterocycles. The predicted octanol–water partition coefficient (Wildman–Crippen LogP) is 3.31. The maximum Gasteiger partial charge on any atom is 0.414 e. The average molecular weight is 488 g/mol. The highest BCUT2D eigenvalue weighted by Crippen LogP contribution is 2.45. The first-order chi connectivity index (χ1) is 15.7. The van der Waals surface area contributed by atoms with Crippen LogP contribution in [0.2, 0.25) is 0 Å². The quantitative estimate of drug-likeness (QED) is 0.597. The van der Waals surface area contributed by atoms with E-state index in [-0.39, 0.29) is 23.6 Å². The van der Waals surface area contributed by atoms with Crippen molar-refractivity contribution >= 4 is 33.5 Å². The van der Waals surface area contributed by atoms with Gasteiger partial charge in [-0.15, -0.1) is 0 Å². The molecule has 34 heavy (non-hydrogen) atoms. The van der Waals surface area contributed by atoms with Gasteiger partial charge in [0.1, 0.15) is 11.4 Å². The van der Waals surface area contributed by atoms with Crippen molar-refractivity contribution in [1.82, 2.24) is 14.9 Å². The number of fused-ring (bicyclic) bond motifs is 2. The van der Waals surface area contributed by atoms with Crippen molar-refractivity contribution < 1.29 is 22.7 Å². The van der Waals surface area contributed by atoms with E-state index in [0.717, 1.165) is 11.8 Å².